The van der Waals surface area contributed by atoms with Crippen molar-refractivity contribution in [3.05, 3.63) is 0 Å². The number of alkyl halides is 3. The molecule has 0 aromatic heterocycles. The standard InChI is InChI=1S/C6H7F3O4/c1-3(4(11)12)5(13,2-10)6(7,8)9/h2-3,13H,1H3,(H,11,12). The molecule has 2 atom stereocenters. The van der Waals surface area contributed by atoms with Crippen LogP contribution in [0.1, 0.15) is 6.92 Å². The van der Waals surface area contributed by atoms with Crippen molar-refractivity contribution in [2.45, 2.75) is 18.7 Å². The summed E-state index contributed by atoms with van der Waals surface area (Å²) >= 11 is 0. The summed E-state index contributed by atoms with van der Waals surface area (Å²) in [6.07, 6.45) is -6.10. The van der Waals surface area contributed by atoms with Crippen LogP contribution < -0.4 is 0 Å². The first-order chi connectivity index (χ1) is 5.66. The first kappa shape index (κ1) is 11.9. The fourth-order valence-corrected chi connectivity index (χ4v) is 0.603. The van der Waals surface area contributed by atoms with Crippen LogP contribution in [0.3, 0.4) is 0 Å². The van der Waals surface area contributed by atoms with Crippen molar-refractivity contribution in [2.24, 2.45) is 5.92 Å². The topological polar surface area (TPSA) is 74.6 Å². The number of hydrogen-bond acceptors (Lipinski definition) is 3. The molecule has 0 saturated carbocycles. The highest BCUT2D eigenvalue weighted by molar-refractivity contribution is 5.79. The molecule has 4 nitrogen and oxygen atoms in total. The average Bonchev–Trinajstić information content (AvgIpc) is 1.99. The molecule has 0 saturated heterocycles. The summed E-state index contributed by atoms with van der Waals surface area (Å²) in [4.78, 5) is 20.1. The molecule has 13 heavy (non-hydrogen) atoms. The molecule has 2 unspecified atom stereocenters. The predicted molar refractivity (Wildman–Crippen MR) is 33.9 cm³/mol. The number of hydrogen-bond donors (Lipinski definition) is 2. The first-order valence-electron chi connectivity index (χ1n) is 3.15. The van der Waals surface area contributed by atoms with Gasteiger partial charge in [0, 0.05) is 0 Å². The summed E-state index contributed by atoms with van der Waals surface area (Å²) in [6, 6.07) is 0. The maximum atomic E-state index is 12.0. The molecule has 0 aliphatic carbocycles. The molecule has 0 fully saturated rings. The van der Waals surface area contributed by atoms with Gasteiger partial charge in [0.05, 0.1) is 5.92 Å². The van der Waals surface area contributed by atoms with Gasteiger partial charge in [0.25, 0.3) is 0 Å². The van der Waals surface area contributed by atoms with Gasteiger partial charge >= 0.3 is 12.1 Å². The number of aldehydes is 1. The van der Waals surface area contributed by atoms with E-state index < -0.39 is 30.0 Å². The third-order valence-corrected chi connectivity index (χ3v) is 1.66. The zero-order valence-electron chi connectivity index (χ0n) is 6.50. The highest BCUT2D eigenvalue weighted by Crippen LogP contribution is 2.34. The second kappa shape index (κ2) is 3.33. The molecule has 0 radical (unpaired) electrons. The van der Waals surface area contributed by atoms with E-state index in [0.717, 1.165) is 0 Å². The fraction of sp³-hybridized carbons (Fsp3) is 0.667. The Hall–Kier alpha value is -1.11. The Bertz CT molecular complexity index is 224. The van der Waals surface area contributed by atoms with E-state index >= 15 is 0 Å². The van der Waals surface area contributed by atoms with Gasteiger partial charge in [-0.1, -0.05) is 0 Å². The molecule has 0 spiro atoms. The average molecular weight is 200 g/mol. The molecule has 7 heteroatoms. The van der Waals surface area contributed by atoms with E-state index in [1.807, 2.05) is 0 Å². The van der Waals surface area contributed by atoms with Gasteiger partial charge in [-0.3, -0.25) is 9.59 Å². The molecule has 0 aliphatic heterocycles. The van der Waals surface area contributed by atoms with Crippen LogP contribution in [0, 0.1) is 5.92 Å². The lowest BCUT2D eigenvalue weighted by Gasteiger charge is -2.27. The Balaban J connectivity index is 5.06. The minimum Gasteiger partial charge on any atom is -0.481 e. The van der Waals surface area contributed by atoms with Crippen LogP contribution in [-0.2, 0) is 9.59 Å². The molecule has 0 aliphatic rings. The van der Waals surface area contributed by atoms with Crippen molar-refractivity contribution >= 4 is 12.3 Å². The van der Waals surface area contributed by atoms with Gasteiger partial charge in [0.1, 0.15) is 0 Å². The van der Waals surface area contributed by atoms with Crippen LogP contribution in [0.2, 0.25) is 0 Å². The number of carboxylic acid groups (broad SMARTS) is 1. The van der Waals surface area contributed by atoms with Crippen LogP contribution in [0.15, 0.2) is 0 Å². The smallest absolute Gasteiger partial charge is 0.424 e. The third kappa shape index (κ3) is 1.97. The summed E-state index contributed by atoms with van der Waals surface area (Å²) in [7, 11) is 0. The van der Waals surface area contributed by atoms with Gasteiger partial charge in [0.2, 0.25) is 5.60 Å². The molecule has 0 amide bonds. The quantitative estimate of drug-likeness (QED) is 0.638. The molecule has 0 bridgehead atoms. The van der Waals surface area contributed by atoms with Gasteiger partial charge in [-0.15, -0.1) is 0 Å². The Kier molecular flexibility index (Phi) is 3.04. The van der Waals surface area contributed by atoms with E-state index in [1.165, 1.54) is 0 Å². The monoisotopic (exact) mass is 200 g/mol. The lowest BCUT2D eigenvalue weighted by Crippen LogP contribution is -2.54. The van der Waals surface area contributed by atoms with E-state index in [0.29, 0.717) is 6.92 Å². The maximum Gasteiger partial charge on any atom is 0.424 e. The van der Waals surface area contributed by atoms with E-state index in [-0.39, 0.29) is 0 Å². The van der Waals surface area contributed by atoms with Crippen LogP contribution in [-0.4, -0.2) is 34.2 Å². The van der Waals surface area contributed by atoms with Crippen LogP contribution in [0.25, 0.3) is 0 Å². The zero-order valence-corrected chi connectivity index (χ0v) is 6.50. The van der Waals surface area contributed by atoms with Crippen LogP contribution in [0.4, 0.5) is 13.2 Å². The number of carbonyl (C=O) groups is 2. The first-order valence-corrected chi connectivity index (χ1v) is 3.15. The number of halogens is 3. The van der Waals surface area contributed by atoms with Gasteiger partial charge < -0.3 is 10.2 Å². The Morgan fingerprint density at radius 2 is 1.85 bits per heavy atom. The van der Waals surface area contributed by atoms with E-state index in [2.05, 4.69) is 0 Å². The highest BCUT2D eigenvalue weighted by atomic mass is 19.4. The van der Waals surface area contributed by atoms with Gasteiger partial charge in [0.15, 0.2) is 6.29 Å². The van der Waals surface area contributed by atoms with Crippen LogP contribution in [0.5, 0.6) is 0 Å². The van der Waals surface area contributed by atoms with Crippen molar-refractivity contribution in [2.75, 3.05) is 0 Å². The molecule has 76 valence electrons. The van der Waals surface area contributed by atoms with Crippen molar-refractivity contribution < 1.29 is 33.0 Å². The minimum atomic E-state index is -5.29. The number of carboxylic acids is 1. The molecule has 0 aromatic rings. The maximum absolute atomic E-state index is 12.0. The summed E-state index contributed by atoms with van der Waals surface area (Å²) in [5.74, 6) is -4.13. The molecule has 2 N–H and O–H groups in total. The normalized spacial score (nSPS) is 18.8. The zero-order chi connectivity index (χ0) is 10.9. The van der Waals surface area contributed by atoms with Gasteiger partial charge in [-0.2, -0.15) is 13.2 Å². The van der Waals surface area contributed by atoms with E-state index in [4.69, 9.17) is 10.2 Å². The van der Waals surface area contributed by atoms with E-state index in [9.17, 15) is 22.8 Å². The third-order valence-electron chi connectivity index (χ3n) is 1.66. The summed E-state index contributed by atoms with van der Waals surface area (Å²) in [6.45, 7) is 0.601. The van der Waals surface area contributed by atoms with Crippen molar-refractivity contribution in [1.82, 2.24) is 0 Å². The second-order valence-corrected chi connectivity index (χ2v) is 2.50. The van der Waals surface area contributed by atoms with Crippen molar-refractivity contribution in [1.29, 1.82) is 0 Å². The molecular weight excluding hydrogens is 193 g/mol. The van der Waals surface area contributed by atoms with Gasteiger partial charge in [-0.25, -0.2) is 0 Å². The fourth-order valence-electron chi connectivity index (χ4n) is 0.603. The van der Waals surface area contributed by atoms with E-state index in [1.54, 1.807) is 0 Å². The molecule has 0 aromatic carbocycles. The predicted octanol–water partition coefficient (Wildman–Crippen LogP) is 0.199. The van der Waals surface area contributed by atoms with Gasteiger partial charge in [-0.05, 0) is 6.92 Å². The Labute approximate surface area is 71.0 Å². The largest absolute Gasteiger partial charge is 0.481 e. The number of rotatable bonds is 3. The SMILES string of the molecule is CC(C(=O)O)C(O)(C=O)C(F)(F)F. The minimum absolute atomic E-state index is 0.601. The number of aliphatic carboxylic acids is 1. The van der Waals surface area contributed by atoms with Crippen molar-refractivity contribution in [3.8, 4) is 0 Å². The lowest BCUT2D eigenvalue weighted by atomic mass is 9.90. The Morgan fingerprint density at radius 1 is 1.46 bits per heavy atom. The number of aliphatic hydroxyl groups is 1. The summed E-state index contributed by atoms with van der Waals surface area (Å²) in [5, 5.41) is 16.9. The summed E-state index contributed by atoms with van der Waals surface area (Å²) < 4.78 is 35.9. The molecule has 0 heterocycles. The second-order valence-electron chi connectivity index (χ2n) is 2.50. The highest BCUT2D eigenvalue weighted by Gasteiger charge is 2.59. The van der Waals surface area contributed by atoms with Crippen LogP contribution >= 0.6 is 0 Å². The Morgan fingerprint density at radius 3 is 1.92 bits per heavy atom. The molecule has 0 rings (SSSR count). The number of carbonyl (C=O) groups excluding carboxylic acids is 1. The molecular formula is C6H7F3O4. The summed E-state index contributed by atoms with van der Waals surface area (Å²) in [5.41, 5.74) is -3.82. The van der Waals surface area contributed by atoms with Crippen molar-refractivity contribution in [3.63, 3.8) is 0 Å². The lowest BCUT2D eigenvalue weighted by molar-refractivity contribution is -0.260.